The average Bonchev–Trinajstić information content (AvgIpc) is 3.84. The molecule has 0 spiro atoms. The van der Waals surface area contributed by atoms with Gasteiger partial charge in [-0.2, -0.15) is 0 Å². The van der Waals surface area contributed by atoms with Crippen molar-refractivity contribution in [2.75, 3.05) is 7.05 Å². The van der Waals surface area contributed by atoms with Crippen LogP contribution in [0.4, 0.5) is 0 Å². The van der Waals surface area contributed by atoms with Crippen LogP contribution in [0.5, 0.6) is 0 Å². The Kier molecular flexibility index (Phi) is 8.35. The van der Waals surface area contributed by atoms with Crippen molar-refractivity contribution in [1.29, 1.82) is 0 Å². The standard InChI is InChI=1S/C33H22N8.C2H6.CH5N/c1-2-3-4-11-19-18-26-34-27(19)36-29-22-14-7-8-15-23(22)31(38-29)40-33-25-17-10-9-16-24(25)32(41-33)39-30-21-13-6-5-12-20(21)28(35-26)37-30;2*1-2/h2-18H,1H3,(H2,34,35,36,37,38,39,40,41);1-2H3;2H2,1H3/b3-2-,11-4-;;. The molecule has 3 aromatic carbocycles. The van der Waals surface area contributed by atoms with Crippen LogP contribution in [0.15, 0.2) is 97.1 Å². The number of aromatic amines is 2. The number of hydrogen-bond donors (Lipinski definition) is 3. The number of H-pyrrole nitrogens is 2. The molecular formula is C36H33N9. The number of benzene rings is 3. The normalized spacial score (nSPS) is 12.1. The van der Waals surface area contributed by atoms with Gasteiger partial charge in [0.05, 0.1) is 0 Å². The zero-order valence-corrected chi connectivity index (χ0v) is 25.6. The molecule has 0 unspecified atom stereocenters. The van der Waals surface area contributed by atoms with Crippen LogP contribution in [0.3, 0.4) is 0 Å². The highest BCUT2D eigenvalue weighted by Gasteiger charge is 2.20. The molecule has 8 rings (SSSR count). The second kappa shape index (κ2) is 12.8. The summed E-state index contributed by atoms with van der Waals surface area (Å²) in [6, 6.07) is 24.1. The first-order valence-corrected chi connectivity index (χ1v) is 14.9. The molecule has 0 saturated carbocycles. The minimum Gasteiger partial charge on any atom is -0.333 e. The Bertz CT molecular complexity index is 2290. The molecule has 0 radical (unpaired) electrons. The van der Waals surface area contributed by atoms with E-state index in [-0.39, 0.29) is 0 Å². The maximum atomic E-state index is 5.01. The summed E-state index contributed by atoms with van der Waals surface area (Å²) in [5, 5.41) is 3.79. The van der Waals surface area contributed by atoms with E-state index in [4.69, 9.17) is 29.9 Å². The van der Waals surface area contributed by atoms with Gasteiger partial charge in [-0.05, 0) is 20.0 Å². The molecule has 0 fully saturated rings. The molecule has 0 atom stereocenters. The molecule has 0 saturated heterocycles. The van der Waals surface area contributed by atoms with Gasteiger partial charge in [-0.1, -0.05) is 111 Å². The quantitative estimate of drug-likeness (QED) is 0.175. The second-order valence-corrected chi connectivity index (χ2v) is 9.77. The van der Waals surface area contributed by atoms with Crippen LogP contribution in [0.25, 0.3) is 78.6 Å². The number of rotatable bonds is 2. The summed E-state index contributed by atoms with van der Waals surface area (Å²) < 4.78 is 0. The molecule has 45 heavy (non-hydrogen) atoms. The van der Waals surface area contributed by atoms with Gasteiger partial charge in [0, 0.05) is 38.2 Å². The molecule has 2 aliphatic heterocycles. The SMILES string of the molecule is C/C=C\C=C/C1=Cc2nc1nc1[nH]c(nc3nc(nc4[nH]c(n2)c2ccccc42)-c2ccccc2-3)c2ccccc12.CC.CN. The zero-order valence-electron chi connectivity index (χ0n) is 25.6. The molecule has 6 aromatic rings. The van der Waals surface area contributed by atoms with E-state index in [0.29, 0.717) is 45.9 Å². The molecule has 4 N–H and O–H groups in total. The Hall–Kier alpha value is -5.80. The molecule has 222 valence electrons. The van der Waals surface area contributed by atoms with Gasteiger partial charge in [0.2, 0.25) is 0 Å². The summed E-state index contributed by atoms with van der Waals surface area (Å²) in [5.41, 5.74) is 9.91. The number of hydrogen-bond acceptors (Lipinski definition) is 7. The maximum absolute atomic E-state index is 5.01. The van der Waals surface area contributed by atoms with Crippen LogP contribution < -0.4 is 5.73 Å². The van der Waals surface area contributed by atoms with Crippen molar-refractivity contribution in [3.05, 3.63) is 109 Å². The van der Waals surface area contributed by atoms with Crippen LogP contribution in [0, 0.1) is 0 Å². The molecular weight excluding hydrogens is 558 g/mol. The lowest BCUT2D eigenvalue weighted by molar-refractivity contribution is 1.12. The monoisotopic (exact) mass is 591 g/mol. The van der Waals surface area contributed by atoms with Crippen molar-refractivity contribution in [1.82, 2.24) is 39.9 Å². The van der Waals surface area contributed by atoms with Crippen LogP contribution in [0.1, 0.15) is 32.4 Å². The van der Waals surface area contributed by atoms with Gasteiger partial charge in [0.25, 0.3) is 0 Å². The Morgan fingerprint density at radius 1 is 0.533 bits per heavy atom. The first-order valence-electron chi connectivity index (χ1n) is 14.9. The molecule has 0 amide bonds. The minimum atomic E-state index is 0.550. The van der Waals surface area contributed by atoms with E-state index in [1.807, 2.05) is 124 Å². The van der Waals surface area contributed by atoms with Crippen molar-refractivity contribution in [2.45, 2.75) is 20.8 Å². The van der Waals surface area contributed by atoms with Crippen molar-refractivity contribution < 1.29 is 0 Å². The van der Waals surface area contributed by atoms with Crippen molar-refractivity contribution >= 4 is 55.8 Å². The fourth-order valence-corrected chi connectivity index (χ4v) is 5.28. The Balaban J connectivity index is 0.000000860. The maximum Gasteiger partial charge on any atom is 0.164 e. The van der Waals surface area contributed by atoms with Gasteiger partial charge in [-0.3, -0.25) is 0 Å². The van der Waals surface area contributed by atoms with Gasteiger partial charge in [0.15, 0.2) is 23.3 Å². The second-order valence-electron chi connectivity index (χ2n) is 9.77. The highest BCUT2D eigenvalue weighted by atomic mass is 15.1. The molecule has 5 heterocycles. The van der Waals surface area contributed by atoms with E-state index in [2.05, 4.69) is 15.7 Å². The first-order chi connectivity index (χ1) is 22.2. The van der Waals surface area contributed by atoms with E-state index < -0.39 is 0 Å². The summed E-state index contributed by atoms with van der Waals surface area (Å²) in [6.07, 6.45) is 9.86. The van der Waals surface area contributed by atoms with Gasteiger partial charge in [-0.25, -0.2) is 29.9 Å². The third-order valence-corrected chi connectivity index (χ3v) is 7.19. The van der Waals surface area contributed by atoms with E-state index in [1.165, 1.54) is 7.05 Å². The molecule has 8 bridgehead atoms. The third-order valence-electron chi connectivity index (χ3n) is 7.19. The average molecular weight is 592 g/mol. The highest BCUT2D eigenvalue weighted by Crippen LogP contribution is 2.34. The number of aromatic nitrogens is 8. The zero-order chi connectivity index (χ0) is 31.3. The lowest BCUT2D eigenvalue weighted by Gasteiger charge is -1.96. The first kappa shape index (κ1) is 29.3. The largest absolute Gasteiger partial charge is 0.333 e. The van der Waals surface area contributed by atoms with Crippen LogP contribution in [-0.4, -0.2) is 46.9 Å². The van der Waals surface area contributed by atoms with Crippen molar-refractivity contribution in [3.8, 4) is 22.8 Å². The predicted octanol–water partition coefficient (Wildman–Crippen LogP) is 7.81. The van der Waals surface area contributed by atoms with E-state index >= 15 is 0 Å². The number of nitrogens with two attached hydrogens (primary N) is 1. The van der Waals surface area contributed by atoms with Crippen LogP contribution in [-0.2, 0) is 0 Å². The van der Waals surface area contributed by atoms with Crippen LogP contribution >= 0.6 is 0 Å². The summed E-state index contributed by atoms with van der Waals surface area (Å²) in [4.78, 5) is 36.5. The van der Waals surface area contributed by atoms with Crippen molar-refractivity contribution in [3.63, 3.8) is 0 Å². The van der Waals surface area contributed by atoms with Crippen LogP contribution in [0.2, 0.25) is 0 Å². The highest BCUT2D eigenvalue weighted by molar-refractivity contribution is 6.06. The third kappa shape index (κ3) is 5.41. The molecule has 0 aliphatic carbocycles. The van der Waals surface area contributed by atoms with E-state index in [9.17, 15) is 0 Å². The van der Waals surface area contributed by atoms with Gasteiger partial charge in [0.1, 0.15) is 22.6 Å². The lowest BCUT2D eigenvalue weighted by Crippen LogP contribution is -1.86. The van der Waals surface area contributed by atoms with Gasteiger partial charge < -0.3 is 15.7 Å². The van der Waals surface area contributed by atoms with E-state index in [0.717, 1.165) is 38.2 Å². The van der Waals surface area contributed by atoms with Crippen molar-refractivity contribution in [2.24, 2.45) is 5.73 Å². The number of nitrogens with one attached hydrogen (secondary N) is 2. The summed E-state index contributed by atoms with van der Waals surface area (Å²) in [6.45, 7) is 5.98. The fraction of sp³-hybridized carbons (Fsp3) is 0.111. The molecule has 9 nitrogen and oxygen atoms in total. The Morgan fingerprint density at radius 2 is 0.978 bits per heavy atom. The molecule has 2 aliphatic rings. The Morgan fingerprint density at radius 3 is 1.47 bits per heavy atom. The van der Waals surface area contributed by atoms with E-state index in [1.54, 1.807) is 0 Å². The molecule has 3 aromatic heterocycles. The minimum absolute atomic E-state index is 0.550. The van der Waals surface area contributed by atoms with Gasteiger partial charge in [-0.15, -0.1) is 0 Å². The molecule has 9 heteroatoms. The summed E-state index contributed by atoms with van der Waals surface area (Å²) in [7, 11) is 1.50. The smallest absolute Gasteiger partial charge is 0.164 e. The number of nitrogens with zero attached hydrogens (tertiary/aromatic N) is 6. The number of allylic oxidation sites excluding steroid dienone is 5. The Labute approximate surface area is 260 Å². The van der Waals surface area contributed by atoms with Gasteiger partial charge >= 0.3 is 0 Å². The predicted molar refractivity (Wildman–Crippen MR) is 185 cm³/mol. The summed E-state index contributed by atoms with van der Waals surface area (Å²) >= 11 is 0. The topological polar surface area (TPSA) is 135 Å². The number of fused-ring (bicyclic) bond motifs is 17. The fourth-order valence-electron chi connectivity index (χ4n) is 5.28. The summed E-state index contributed by atoms with van der Waals surface area (Å²) in [5.74, 6) is 2.30. The lowest BCUT2D eigenvalue weighted by atomic mass is 10.1.